The normalized spacial score (nSPS) is 27.1. The number of carbonyl (C=O) groups excluding carboxylic acids is 1. The molecule has 0 aromatic heterocycles. The maximum Gasteiger partial charge on any atom is 0.547 e. The Balaban J connectivity index is 1.27. The first-order chi connectivity index (χ1) is 14.5. The number of nitrogens with zero attached hydrogens (tertiary/aromatic N) is 1. The molecule has 2 fully saturated rings. The second kappa shape index (κ2) is 9.37. The van der Waals surface area contributed by atoms with Crippen molar-refractivity contribution in [3.05, 3.63) is 29.3 Å². The molecule has 4 rings (SSSR count). The van der Waals surface area contributed by atoms with E-state index in [1.807, 2.05) is 0 Å². The average molecular weight is 415 g/mol. The highest BCUT2D eigenvalue weighted by atomic mass is 16.5. The van der Waals surface area contributed by atoms with Gasteiger partial charge in [-0.05, 0) is 49.7 Å². The van der Waals surface area contributed by atoms with E-state index in [0.29, 0.717) is 30.4 Å². The van der Waals surface area contributed by atoms with Crippen molar-refractivity contribution >= 4 is 19.0 Å². The second-order valence-corrected chi connectivity index (χ2v) is 8.65. The molecule has 2 heterocycles. The predicted octanol–water partition coefficient (Wildman–Crippen LogP) is 0.678. The van der Waals surface area contributed by atoms with Crippen molar-refractivity contribution in [2.75, 3.05) is 26.2 Å². The lowest BCUT2D eigenvalue weighted by Gasteiger charge is -2.39. The molecule has 0 bridgehead atoms. The Hall–Kier alpha value is -2.10. The molecule has 3 aliphatic rings. The van der Waals surface area contributed by atoms with Gasteiger partial charge in [-0.15, -0.1) is 0 Å². The van der Waals surface area contributed by atoms with Gasteiger partial charge in [0.25, 0.3) is 0 Å². The minimum Gasteiger partial charge on any atom is -0.534 e. The second-order valence-electron chi connectivity index (χ2n) is 8.65. The van der Waals surface area contributed by atoms with E-state index in [2.05, 4.69) is 15.5 Å². The lowest BCUT2D eigenvalue weighted by Crippen LogP contribution is -2.53. The van der Waals surface area contributed by atoms with Crippen LogP contribution in [0, 0.1) is 5.92 Å². The minimum absolute atomic E-state index is 0.0255. The summed E-state index contributed by atoms with van der Waals surface area (Å²) in [4.78, 5) is 26.5. The molecule has 9 heteroatoms. The van der Waals surface area contributed by atoms with Crippen molar-refractivity contribution in [1.82, 2.24) is 15.5 Å². The number of benzene rings is 1. The van der Waals surface area contributed by atoms with Crippen LogP contribution in [0.4, 0.5) is 0 Å². The molecule has 162 valence electrons. The monoisotopic (exact) mass is 415 g/mol. The summed E-state index contributed by atoms with van der Waals surface area (Å²) < 4.78 is 5.46. The molecule has 30 heavy (non-hydrogen) atoms. The van der Waals surface area contributed by atoms with Gasteiger partial charge < -0.3 is 25.4 Å². The average Bonchev–Trinajstić information content (AvgIpc) is 2.75. The van der Waals surface area contributed by atoms with E-state index < -0.39 is 19.0 Å². The van der Waals surface area contributed by atoms with Gasteiger partial charge in [0.1, 0.15) is 5.75 Å². The Kier molecular flexibility index (Phi) is 6.60. The fraction of sp³-hybridized carbons (Fsp3) is 0.619. The van der Waals surface area contributed by atoms with Gasteiger partial charge in [0.15, 0.2) is 0 Å². The molecular weight excluding hydrogens is 385 g/mol. The van der Waals surface area contributed by atoms with Crippen molar-refractivity contribution in [3.8, 4) is 5.75 Å². The summed E-state index contributed by atoms with van der Waals surface area (Å²) in [5.74, 6) is -1.19. The smallest absolute Gasteiger partial charge is 0.534 e. The molecule has 1 saturated carbocycles. The number of rotatable bonds is 5. The fourth-order valence-corrected chi connectivity index (χ4v) is 5.01. The number of carboxylic acid groups (broad SMARTS) is 1. The lowest BCUT2D eigenvalue weighted by atomic mass is 9.72. The van der Waals surface area contributed by atoms with Gasteiger partial charge in [-0.2, -0.15) is 0 Å². The third-order valence-corrected chi connectivity index (χ3v) is 6.65. The topological polar surface area (TPSA) is 111 Å². The van der Waals surface area contributed by atoms with E-state index in [0.717, 1.165) is 51.9 Å². The number of para-hydroxylation sites is 1. The first-order valence-corrected chi connectivity index (χ1v) is 11.0. The van der Waals surface area contributed by atoms with Crippen LogP contribution in [0.5, 0.6) is 5.75 Å². The van der Waals surface area contributed by atoms with Gasteiger partial charge in [-0.3, -0.25) is 9.69 Å². The van der Waals surface area contributed by atoms with Crippen molar-refractivity contribution in [1.29, 1.82) is 0 Å². The van der Waals surface area contributed by atoms with Gasteiger partial charge in [-0.25, -0.2) is 4.79 Å². The number of piperazine rings is 1. The van der Waals surface area contributed by atoms with Gasteiger partial charge in [0, 0.05) is 38.6 Å². The Bertz CT molecular complexity index is 778. The zero-order chi connectivity index (χ0) is 21.1. The number of aromatic carboxylic acids is 1. The van der Waals surface area contributed by atoms with E-state index in [-0.39, 0.29) is 17.2 Å². The summed E-state index contributed by atoms with van der Waals surface area (Å²) in [6.07, 6.45) is 5.18. The fourth-order valence-electron chi connectivity index (χ4n) is 5.01. The number of nitrogens with one attached hydrogen (secondary N) is 2. The third-order valence-electron chi connectivity index (χ3n) is 6.65. The number of carbonyl (C=O) groups is 2. The molecule has 8 nitrogen and oxygen atoms in total. The zero-order valence-corrected chi connectivity index (χ0v) is 17.2. The molecule has 1 aromatic carbocycles. The van der Waals surface area contributed by atoms with Crippen LogP contribution in [-0.4, -0.2) is 72.2 Å². The highest BCUT2D eigenvalue weighted by Gasteiger charge is 2.38. The van der Waals surface area contributed by atoms with E-state index in [1.54, 1.807) is 12.1 Å². The highest BCUT2D eigenvalue weighted by Crippen LogP contribution is 2.32. The third kappa shape index (κ3) is 4.79. The number of amides is 1. The number of fused-ring (bicyclic) bond motifs is 1. The summed E-state index contributed by atoms with van der Waals surface area (Å²) in [5, 5.41) is 25.9. The van der Waals surface area contributed by atoms with Crippen LogP contribution >= 0.6 is 0 Å². The van der Waals surface area contributed by atoms with Crippen LogP contribution in [0.1, 0.15) is 48.0 Å². The number of hydrogen-bond acceptors (Lipinski definition) is 6. The summed E-state index contributed by atoms with van der Waals surface area (Å²) in [6.45, 7) is 4.34. The van der Waals surface area contributed by atoms with Crippen LogP contribution in [0.25, 0.3) is 0 Å². The number of carboxylic acids is 1. The van der Waals surface area contributed by atoms with E-state index in [1.165, 1.54) is 6.07 Å². The van der Waals surface area contributed by atoms with Crippen molar-refractivity contribution < 1.29 is 24.4 Å². The van der Waals surface area contributed by atoms with Crippen molar-refractivity contribution in [2.45, 2.75) is 50.5 Å². The molecule has 1 atom stereocenters. The van der Waals surface area contributed by atoms with Crippen LogP contribution in [-0.2, 0) is 11.2 Å². The van der Waals surface area contributed by atoms with E-state index >= 15 is 0 Å². The van der Waals surface area contributed by atoms with Crippen molar-refractivity contribution in [3.63, 3.8) is 0 Å². The summed E-state index contributed by atoms with van der Waals surface area (Å²) >= 11 is 0. The molecule has 0 spiro atoms. The number of hydrogen-bond donors (Lipinski definition) is 4. The summed E-state index contributed by atoms with van der Waals surface area (Å²) in [5.41, 5.74) is 0.708. The maximum absolute atomic E-state index is 12.6. The molecule has 1 aliphatic carbocycles. The van der Waals surface area contributed by atoms with Crippen molar-refractivity contribution in [2.24, 2.45) is 5.92 Å². The minimum atomic E-state index is -1.26. The highest BCUT2D eigenvalue weighted by molar-refractivity contribution is 6.47. The summed E-state index contributed by atoms with van der Waals surface area (Å²) in [6, 6.07) is 5.51. The molecule has 1 aromatic rings. The quantitative estimate of drug-likeness (QED) is 0.524. The van der Waals surface area contributed by atoms with Gasteiger partial charge in [-0.1, -0.05) is 12.1 Å². The first-order valence-electron chi connectivity index (χ1n) is 11.0. The van der Waals surface area contributed by atoms with Crippen LogP contribution in [0.15, 0.2) is 18.2 Å². The Morgan fingerprint density at radius 3 is 2.63 bits per heavy atom. The van der Waals surface area contributed by atoms with Gasteiger partial charge in [0.05, 0.1) is 11.5 Å². The van der Waals surface area contributed by atoms with E-state index in [9.17, 15) is 19.7 Å². The first kappa shape index (κ1) is 21.1. The molecule has 0 unspecified atom stereocenters. The Morgan fingerprint density at radius 2 is 1.93 bits per heavy atom. The lowest BCUT2D eigenvalue weighted by molar-refractivity contribution is -0.122. The predicted molar refractivity (Wildman–Crippen MR) is 112 cm³/mol. The standard InChI is InChI=1S/C21H30BN3O5/c26-19(12-14-4-6-16(7-5-14)25-10-8-23-9-11-25)24-18-13-15-2-1-3-17(21(27)28)20(15)30-22(18)29/h1-3,14,16,18,23,29H,4-13H2,(H,24,26)(H,27,28)/t14-,16+,18-/m0/s1. The molecule has 1 saturated heterocycles. The van der Waals surface area contributed by atoms with E-state index in [4.69, 9.17) is 4.65 Å². The zero-order valence-electron chi connectivity index (χ0n) is 17.2. The molecular formula is C21H30BN3O5. The van der Waals surface area contributed by atoms with Gasteiger partial charge in [0.2, 0.25) is 5.91 Å². The maximum atomic E-state index is 12.6. The van der Waals surface area contributed by atoms with Gasteiger partial charge >= 0.3 is 13.1 Å². The Morgan fingerprint density at radius 1 is 1.20 bits per heavy atom. The van der Waals surface area contributed by atoms with Crippen LogP contribution < -0.4 is 15.3 Å². The Labute approximate surface area is 177 Å². The largest absolute Gasteiger partial charge is 0.547 e. The summed E-state index contributed by atoms with van der Waals surface area (Å²) in [7, 11) is -1.26. The SMILES string of the molecule is O=C(C[C@H]1CC[C@@H](N2CCNCC2)CC1)N[C@H]1Cc2cccc(C(=O)O)c2OB1O. The molecule has 2 aliphatic heterocycles. The van der Waals surface area contributed by atoms with Crippen LogP contribution in [0.3, 0.4) is 0 Å². The molecule has 1 amide bonds. The molecule has 4 N–H and O–H groups in total. The molecule has 0 radical (unpaired) electrons. The van der Waals surface area contributed by atoms with Crippen LogP contribution in [0.2, 0.25) is 0 Å².